The van der Waals surface area contributed by atoms with Crippen molar-refractivity contribution in [2.75, 3.05) is 5.32 Å². The number of nitrogens with one attached hydrogen (secondary N) is 1. The Kier molecular flexibility index (Phi) is 4.08. The normalized spacial score (nSPS) is 10.5. The highest BCUT2D eigenvalue weighted by Crippen LogP contribution is 2.28. The molecule has 0 spiro atoms. The van der Waals surface area contributed by atoms with Crippen molar-refractivity contribution in [2.45, 2.75) is 13.8 Å². The van der Waals surface area contributed by atoms with E-state index in [1.165, 1.54) is 18.3 Å². The molecule has 0 bridgehead atoms. The number of furan rings is 1. The van der Waals surface area contributed by atoms with Gasteiger partial charge in [-0.25, -0.2) is 4.98 Å². The lowest BCUT2D eigenvalue weighted by atomic mass is 10.1. The van der Waals surface area contributed by atoms with Gasteiger partial charge in [-0.15, -0.1) is 11.3 Å². The van der Waals surface area contributed by atoms with Gasteiger partial charge < -0.3 is 9.73 Å². The van der Waals surface area contributed by atoms with Crippen LogP contribution < -0.4 is 5.32 Å². The topological polar surface area (TPSA) is 72.2 Å². The molecule has 3 rings (SSSR count). The summed E-state index contributed by atoms with van der Waals surface area (Å²) in [5.41, 5.74) is 1.29. The zero-order valence-corrected chi connectivity index (χ0v) is 13.4. The van der Waals surface area contributed by atoms with Crippen LogP contribution in [0.4, 0.5) is 5.69 Å². The van der Waals surface area contributed by atoms with E-state index in [4.69, 9.17) is 4.42 Å². The first-order valence-electron chi connectivity index (χ1n) is 6.99. The van der Waals surface area contributed by atoms with Gasteiger partial charge in [0.2, 0.25) is 0 Å². The average molecular weight is 326 g/mol. The molecule has 0 saturated carbocycles. The molecule has 5 nitrogen and oxygen atoms in total. The molecule has 0 unspecified atom stereocenters. The molecule has 0 radical (unpaired) electrons. The van der Waals surface area contributed by atoms with Crippen LogP contribution in [0.2, 0.25) is 0 Å². The number of rotatable bonds is 4. The highest BCUT2D eigenvalue weighted by Gasteiger charge is 2.19. The molecule has 0 atom stereocenters. The van der Waals surface area contributed by atoms with Crippen LogP contribution >= 0.6 is 11.3 Å². The summed E-state index contributed by atoms with van der Waals surface area (Å²) >= 11 is 1.39. The first-order valence-corrected chi connectivity index (χ1v) is 7.80. The van der Waals surface area contributed by atoms with Crippen LogP contribution in [0.5, 0.6) is 0 Å². The second-order valence-electron chi connectivity index (χ2n) is 4.96. The smallest absolute Gasteiger partial charge is 0.275 e. The number of aryl methyl sites for hydroxylation is 1. The highest BCUT2D eigenvalue weighted by molar-refractivity contribution is 7.15. The third-order valence-electron chi connectivity index (χ3n) is 3.30. The van der Waals surface area contributed by atoms with Gasteiger partial charge in [0, 0.05) is 10.4 Å². The minimum absolute atomic E-state index is 0.104. The molecule has 0 aliphatic carbocycles. The van der Waals surface area contributed by atoms with E-state index in [1.807, 2.05) is 6.92 Å². The van der Waals surface area contributed by atoms with Gasteiger partial charge in [0.1, 0.15) is 5.69 Å². The quantitative estimate of drug-likeness (QED) is 0.730. The zero-order chi connectivity index (χ0) is 16.4. The molecule has 2 heterocycles. The number of carbonyl (C=O) groups excluding carboxylic acids is 2. The molecule has 0 saturated heterocycles. The number of aromatic nitrogens is 1. The summed E-state index contributed by atoms with van der Waals surface area (Å²) in [5, 5.41) is 3.41. The first kappa shape index (κ1) is 15.2. The Morgan fingerprint density at radius 1 is 1.17 bits per heavy atom. The molecule has 0 aliphatic rings. The Morgan fingerprint density at radius 3 is 2.65 bits per heavy atom. The SMILES string of the molecule is CC(=O)c1ccccc1NC(=O)c1nc(-c2ccco2)sc1C. The Bertz CT molecular complexity index is 866. The van der Waals surface area contributed by atoms with Gasteiger partial charge in [0.25, 0.3) is 5.91 Å². The number of nitrogens with zero attached hydrogens (tertiary/aromatic N) is 1. The second-order valence-corrected chi connectivity index (χ2v) is 6.16. The third kappa shape index (κ3) is 3.07. The minimum atomic E-state index is -0.342. The second kappa shape index (κ2) is 6.18. The van der Waals surface area contributed by atoms with Crippen LogP contribution in [-0.4, -0.2) is 16.7 Å². The lowest BCUT2D eigenvalue weighted by Gasteiger charge is -2.08. The lowest BCUT2D eigenvalue weighted by Crippen LogP contribution is -2.15. The number of hydrogen-bond donors (Lipinski definition) is 1. The van der Waals surface area contributed by atoms with Crippen LogP contribution in [0.15, 0.2) is 47.1 Å². The number of thiazole rings is 1. The molecule has 0 aliphatic heterocycles. The van der Waals surface area contributed by atoms with Gasteiger partial charge in [0.05, 0.1) is 12.0 Å². The predicted octanol–water partition coefficient (Wildman–Crippen LogP) is 4.17. The molecule has 6 heteroatoms. The number of carbonyl (C=O) groups is 2. The van der Waals surface area contributed by atoms with Crippen molar-refractivity contribution >= 4 is 28.7 Å². The fourth-order valence-corrected chi connectivity index (χ4v) is 3.07. The number of ketones is 1. The molecular formula is C17H14N2O3S. The minimum Gasteiger partial charge on any atom is -0.462 e. The summed E-state index contributed by atoms with van der Waals surface area (Å²) < 4.78 is 5.31. The number of amides is 1. The number of anilines is 1. The van der Waals surface area contributed by atoms with Crippen molar-refractivity contribution in [3.63, 3.8) is 0 Å². The molecule has 23 heavy (non-hydrogen) atoms. The van der Waals surface area contributed by atoms with Gasteiger partial charge in [0.15, 0.2) is 16.6 Å². The Labute approximate surface area is 137 Å². The summed E-state index contributed by atoms with van der Waals surface area (Å²) in [7, 11) is 0. The lowest BCUT2D eigenvalue weighted by molar-refractivity contribution is 0.101. The Balaban J connectivity index is 1.89. The van der Waals surface area contributed by atoms with Gasteiger partial charge >= 0.3 is 0 Å². The maximum Gasteiger partial charge on any atom is 0.275 e. The summed E-state index contributed by atoms with van der Waals surface area (Å²) in [6.07, 6.45) is 1.56. The van der Waals surface area contributed by atoms with E-state index in [9.17, 15) is 9.59 Å². The number of hydrogen-bond acceptors (Lipinski definition) is 5. The summed E-state index contributed by atoms with van der Waals surface area (Å²) in [6, 6.07) is 10.5. The van der Waals surface area contributed by atoms with E-state index < -0.39 is 0 Å². The maximum absolute atomic E-state index is 12.5. The summed E-state index contributed by atoms with van der Waals surface area (Å²) in [5.74, 6) is 0.179. The molecule has 3 aromatic rings. The largest absolute Gasteiger partial charge is 0.462 e. The van der Waals surface area contributed by atoms with Crippen molar-refractivity contribution in [1.29, 1.82) is 0 Å². The van der Waals surface area contributed by atoms with E-state index in [-0.39, 0.29) is 11.7 Å². The van der Waals surface area contributed by atoms with Gasteiger partial charge in [-0.2, -0.15) is 0 Å². The van der Waals surface area contributed by atoms with Gasteiger partial charge in [-0.1, -0.05) is 12.1 Å². The van der Waals surface area contributed by atoms with Gasteiger partial charge in [-0.05, 0) is 38.1 Å². The van der Waals surface area contributed by atoms with Crippen LogP contribution in [0.1, 0.15) is 32.6 Å². The van der Waals surface area contributed by atoms with Crippen LogP contribution in [-0.2, 0) is 0 Å². The summed E-state index contributed by atoms with van der Waals surface area (Å²) in [6.45, 7) is 3.30. The van der Waals surface area contributed by atoms with E-state index >= 15 is 0 Å². The van der Waals surface area contributed by atoms with Crippen LogP contribution in [0.3, 0.4) is 0 Å². The summed E-state index contributed by atoms with van der Waals surface area (Å²) in [4.78, 5) is 29.3. The van der Waals surface area contributed by atoms with Crippen molar-refractivity contribution in [2.24, 2.45) is 0 Å². The molecule has 0 fully saturated rings. The molecular weight excluding hydrogens is 312 g/mol. The monoisotopic (exact) mass is 326 g/mol. The molecule has 116 valence electrons. The van der Waals surface area contributed by atoms with Crippen LogP contribution in [0, 0.1) is 6.92 Å². The highest BCUT2D eigenvalue weighted by atomic mass is 32.1. The maximum atomic E-state index is 12.5. The molecule has 1 aromatic carbocycles. The van der Waals surface area contributed by atoms with Crippen molar-refractivity contribution in [1.82, 2.24) is 4.98 Å². The Morgan fingerprint density at radius 2 is 1.96 bits per heavy atom. The average Bonchev–Trinajstić information content (AvgIpc) is 3.16. The van der Waals surface area contributed by atoms with Crippen molar-refractivity contribution in [3.8, 4) is 10.8 Å². The first-order chi connectivity index (χ1) is 11.1. The van der Waals surface area contributed by atoms with Crippen molar-refractivity contribution < 1.29 is 14.0 Å². The fourth-order valence-electron chi connectivity index (χ4n) is 2.19. The van der Waals surface area contributed by atoms with E-state index in [0.717, 1.165) is 4.88 Å². The van der Waals surface area contributed by atoms with E-state index in [2.05, 4.69) is 10.3 Å². The standard InChI is InChI=1S/C17H14N2O3S/c1-10(20)12-6-3-4-7-13(12)18-16(21)15-11(2)23-17(19-15)14-8-5-9-22-14/h3-9H,1-2H3,(H,18,21). The third-order valence-corrected chi connectivity index (χ3v) is 4.28. The Hall–Kier alpha value is -2.73. The van der Waals surface area contributed by atoms with E-state index in [0.29, 0.717) is 27.7 Å². The predicted molar refractivity (Wildman–Crippen MR) is 89.0 cm³/mol. The van der Waals surface area contributed by atoms with E-state index in [1.54, 1.807) is 42.7 Å². The van der Waals surface area contributed by atoms with Gasteiger partial charge in [-0.3, -0.25) is 9.59 Å². The van der Waals surface area contributed by atoms with Crippen molar-refractivity contribution in [3.05, 3.63) is 58.8 Å². The molecule has 1 N–H and O–H groups in total. The number of para-hydroxylation sites is 1. The zero-order valence-electron chi connectivity index (χ0n) is 12.6. The fraction of sp³-hybridized carbons (Fsp3) is 0.118. The number of benzene rings is 1. The molecule has 2 aromatic heterocycles. The molecule has 1 amide bonds. The number of Topliss-reactive ketones (excluding diaryl/α,β-unsaturated/α-hetero) is 1. The van der Waals surface area contributed by atoms with Crippen LogP contribution in [0.25, 0.3) is 10.8 Å².